The van der Waals surface area contributed by atoms with E-state index >= 15 is 0 Å². The summed E-state index contributed by atoms with van der Waals surface area (Å²) in [6.07, 6.45) is -0.678. The highest BCUT2D eigenvalue weighted by Gasteiger charge is 2.38. The van der Waals surface area contributed by atoms with Gasteiger partial charge in [0.2, 0.25) is 0 Å². The molecule has 2 aromatic rings. The van der Waals surface area contributed by atoms with Gasteiger partial charge in [0.25, 0.3) is 5.91 Å². The van der Waals surface area contributed by atoms with Crippen LogP contribution >= 0.6 is 0 Å². The molecule has 1 amide bonds. The van der Waals surface area contributed by atoms with E-state index < -0.39 is 0 Å². The van der Waals surface area contributed by atoms with Crippen molar-refractivity contribution in [1.29, 1.82) is 0 Å². The van der Waals surface area contributed by atoms with E-state index in [1.54, 1.807) is 4.90 Å². The highest BCUT2D eigenvalue weighted by Crippen LogP contribution is 2.32. The van der Waals surface area contributed by atoms with Gasteiger partial charge in [0.1, 0.15) is 6.10 Å². The number of hydrogen-bond acceptors (Lipinski definition) is 2. The molecule has 0 aromatic heterocycles. The Balaban J connectivity index is 1.87. The van der Waals surface area contributed by atoms with Gasteiger partial charge in [-0.25, -0.2) is 0 Å². The van der Waals surface area contributed by atoms with Crippen molar-refractivity contribution in [3.8, 4) is 0 Å². The first kappa shape index (κ1) is 12.9. The van der Waals surface area contributed by atoms with E-state index in [1.807, 2.05) is 67.6 Å². The largest absolute Gasteiger partial charge is 0.341 e. The fourth-order valence-corrected chi connectivity index (χ4v) is 2.49. The zero-order valence-electron chi connectivity index (χ0n) is 11.4. The van der Waals surface area contributed by atoms with Crippen molar-refractivity contribution < 1.29 is 9.53 Å². The number of benzene rings is 2. The van der Waals surface area contributed by atoms with Gasteiger partial charge in [-0.1, -0.05) is 60.7 Å². The van der Waals surface area contributed by atoms with Gasteiger partial charge in [0, 0.05) is 12.1 Å². The molecule has 1 aliphatic heterocycles. The minimum atomic E-state index is -0.385. The van der Waals surface area contributed by atoms with Crippen LogP contribution in [0.4, 0.5) is 0 Å². The predicted octanol–water partition coefficient (Wildman–Crippen LogP) is 3.13. The standard InChI is InChI=1S/C17H17NO2/c1-13-16(19)18(12-14-8-4-2-5-9-14)17(20-13)15-10-6-3-7-11-15/h2-11,13,17H,12H2,1H3/t13-,17-/m0/s1. The summed E-state index contributed by atoms with van der Waals surface area (Å²) in [7, 11) is 0. The van der Waals surface area contributed by atoms with Crippen molar-refractivity contribution in [2.75, 3.05) is 0 Å². The van der Waals surface area contributed by atoms with E-state index in [0.29, 0.717) is 6.54 Å². The Kier molecular flexibility index (Phi) is 3.52. The molecule has 1 heterocycles. The molecule has 3 rings (SSSR count). The van der Waals surface area contributed by atoms with E-state index in [9.17, 15) is 4.79 Å². The molecule has 1 saturated heterocycles. The first-order valence-electron chi connectivity index (χ1n) is 6.80. The second kappa shape index (κ2) is 5.47. The first-order chi connectivity index (χ1) is 9.75. The summed E-state index contributed by atoms with van der Waals surface area (Å²) < 4.78 is 5.82. The van der Waals surface area contributed by atoms with Gasteiger partial charge < -0.3 is 9.64 Å². The van der Waals surface area contributed by atoms with Gasteiger partial charge in [-0.15, -0.1) is 0 Å². The van der Waals surface area contributed by atoms with Crippen LogP contribution in [0, 0.1) is 0 Å². The number of carbonyl (C=O) groups excluding carboxylic acids is 1. The SMILES string of the molecule is C[C@@H]1O[C@@H](c2ccccc2)N(Cc2ccccc2)C1=O. The molecule has 2 aromatic carbocycles. The van der Waals surface area contributed by atoms with Crippen LogP contribution in [-0.4, -0.2) is 16.9 Å². The molecule has 1 fully saturated rings. The Morgan fingerprint density at radius 1 is 1.00 bits per heavy atom. The Hall–Kier alpha value is -2.13. The normalized spacial score (nSPS) is 22.2. The summed E-state index contributed by atoms with van der Waals surface area (Å²) in [5.41, 5.74) is 2.13. The second-order valence-corrected chi connectivity index (χ2v) is 4.99. The van der Waals surface area contributed by atoms with Gasteiger partial charge >= 0.3 is 0 Å². The predicted molar refractivity (Wildman–Crippen MR) is 76.7 cm³/mol. The van der Waals surface area contributed by atoms with Crippen LogP contribution in [0.5, 0.6) is 0 Å². The van der Waals surface area contributed by atoms with E-state index in [-0.39, 0.29) is 18.2 Å². The quantitative estimate of drug-likeness (QED) is 0.855. The van der Waals surface area contributed by atoms with Crippen molar-refractivity contribution >= 4 is 5.91 Å². The van der Waals surface area contributed by atoms with Crippen LogP contribution in [0.25, 0.3) is 0 Å². The summed E-state index contributed by atoms with van der Waals surface area (Å²) in [5.74, 6) is 0.0442. The molecule has 0 spiro atoms. The molecular formula is C17H17NO2. The molecule has 102 valence electrons. The molecule has 3 nitrogen and oxygen atoms in total. The van der Waals surface area contributed by atoms with Crippen LogP contribution in [-0.2, 0) is 16.1 Å². The van der Waals surface area contributed by atoms with Gasteiger partial charge in [-0.2, -0.15) is 0 Å². The van der Waals surface area contributed by atoms with Crippen LogP contribution in [0.3, 0.4) is 0 Å². The monoisotopic (exact) mass is 267 g/mol. The van der Waals surface area contributed by atoms with Crippen molar-refractivity contribution in [2.24, 2.45) is 0 Å². The number of nitrogens with zero attached hydrogens (tertiary/aromatic N) is 1. The molecule has 2 atom stereocenters. The number of carbonyl (C=O) groups is 1. The van der Waals surface area contributed by atoms with Crippen molar-refractivity contribution in [3.63, 3.8) is 0 Å². The molecule has 0 saturated carbocycles. The van der Waals surface area contributed by atoms with E-state index in [1.165, 1.54) is 0 Å². The van der Waals surface area contributed by atoms with Crippen LogP contribution < -0.4 is 0 Å². The Morgan fingerprint density at radius 2 is 1.60 bits per heavy atom. The molecule has 3 heteroatoms. The maximum Gasteiger partial charge on any atom is 0.254 e. The Bertz CT molecular complexity index is 582. The molecule has 20 heavy (non-hydrogen) atoms. The zero-order valence-corrected chi connectivity index (χ0v) is 11.4. The third kappa shape index (κ3) is 2.45. The Labute approximate surface area is 118 Å². The van der Waals surface area contributed by atoms with Crippen LogP contribution in [0.2, 0.25) is 0 Å². The lowest BCUT2D eigenvalue weighted by Gasteiger charge is -2.23. The molecule has 0 aliphatic carbocycles. The van der Waals surface area contributed by atoms with E-state index in [4.69, 9.17) is 4.74 Å². The van der Waals surface area contributed by atoms with Gasteiger partial charge in [-0.3, -0.25) is 4.79 Å². The fourth-order valence-electron chi connectivity index (χ4n) is 2.49. The molecule has 1 aliphatic rings. The molecular weight excluding hydrogens is 250 g/mol. The maximum absolute atomic E-state index is 12.3. The lowest BCUT2D eigenvalue weighted by molar-refractivity contribution is -0.130. The zero-order chi connectivity index (χ0) is 13.9. The summed E-state index contributed by atoms with van der Waals surface area (Å²) in [4.78, 5) is 14.1. The topological polar surface area (TPSA) is 29.5 Å². The van der Waals surface area contributed by atoms with Crippen molar-refractivity contribution in [1.82, 2.24) is 4.90 Å². The van der Waals surface area contributed by atoms with Crippen molar-refractivity contribution in [3.05, 3.63) is 71.8 Å². The number of rotatable bonds is 3. The third-order valence-electron chi connectivity index (χ3n) is 3.53. The summed E-state index contributed by atoms with van der Waals surface area (Å²) in [6, 6.07) is 19.9. The highest BCUT2D eigenvalue weighted by molar-refractivity contribution is 5.82. The van der Waals surface area contributed by atoms with Gasteiger partial charge in [0.15, 0.2) is 6.23 Å². The van der Waals surface area contributed by atoms with Crippen LogP contribution in [0.15, 0.2) is 60.7 Å². The lowest BCUT2D eigenvalue weighted by atomic mass is 10.1. The number of ether oxygens (including phenoxy) is 1. The lowest BCUT2D eigenvalue weighted by Crippen LogP contribution is -2.29. The molecule has 0 radical (unpaired) electrons. The second-order valence-electron chi connectivity index (χ2n) is 4.99. The fraction of sp³-hybridized carbons (Fsp3) is 0.235. The average Bonchev–Trinajstić information content (AvgIpc) is 2.78. The molecule has 0 unspecified atom stereocenters. The van der Waals surface area contributed by atoms with Gasteiger partial charge in [-0.05, 0) is 12.5 Å². The van der Waals surface area contributed by atoms with E-state index in [0.717, 1.165) is 11.1 Å². The summed E-state index contributed by atoms with van der Waals surface area (Å²) >= 11 is 0. The summed E-state index contributed by atoms with van der Waals surface area (Å²) in [6.45, 7) is 2.38. The van der Waals surface area contributed by atoms with E-state index in [2.05, 4.69) is 0 Å². The highest BCUT2D eigenvalue weighted by atomic mass is 16.5. The molecule has 0 bridgehead atoms. The summed E-state index contributed by atoms with van der Waals surface area (Å²) in [5, 5.41) is 0. The minimum Gasteiger partial charge on any atom is -0.341 e. The number of amides is 1. The third-order valence-corrected chi connectivity index (χ3v) is 3.53. The maximum atomic E-state index is 12.3. The smallest absolute Gasteiger partial charge is 0.254 e. The number of hydrogen-bond donors (Lipinski definition) is 0. The minimum absolute atomic E-state index is 0.0442. The Morgan fingerprint density at radius 3 is 2.25 bits per heavy atom. The average molecular weight is 267 g/mol. The van der Waals surface area contributed by atoms with Gasteiger partial charge in [0.05, 0.1) is 0 Å². The molecule has 0 N–H and O–H groups in total. The first-order valence-corrected chi connectivity index (χ1v) is 6.80. The van der Waals surface area contributed by atoms with Crippen molar-refractivity contribution in [2.45, 2.75) is 25.8 Å². The van der Waals surface area contributed by atoms with Crippen LogP contribution in [0.1, 0.15) is 24.3 Å².